The Morgan fingerprint density at radius 3 is 2.68 bits per heavy atom. The van der Waals surface area contributed by atoms with Crippen LogP contribution in [0.4, 0.5) is 0 Å². The van der Waals surface area contributed by atoms with Gasteiger partial charge in [0, 0.05) is 24.5 Å². The van der Waals surface area contributed by atoms with E-state index in [1.165, 1.54) is 32.1 Å². The van der Waals surface area contributed by atoms with Gasteiger partial charge in [-0.25, -0.2) is 0 Å². The van der Waals surface area contributed by atoms with Crippen molar-refractivity contribution in [3.63, 3.8) is 0 Å². The molecule has 1 atom stereocenters. The SMILES string of the molecule is Cc1nn(C)c(CC(O)CSC2CCCCC2)c1Cl. The van der Waals surface area contributed by atoms with Crippen molar-refractivity contribution in [3.8, 4) is 0 Å². The van der Waals surface area contributed by atoms with Crippen LogP contribution in [0, 0.1) is 6.92 Å². The summed E-state index contributed by atoms with van der Waals surface area (Å²) in [5, 5.41) is 15.9. The second kappa shape index (κ2) is 7.00. The summed E-state index contributed by atoms with van der Waals surface area (Å²) in [7, 11) is 1.88. The lowest BCUT2D eigenvalue weighted by atomic mass is 10.0. The van der Waals surface area contributed by atoms with Gasteiger partial charge in [0.25, 0.3) is 0 Å². The molecule has 0 saturated heterocycles. The van der Waals surface area contributed by atoms with Crippen molar-refractivity contribution < 1.29 is 5.11 Å². The largest absolute Gasteiger partial charge is 0.392 e. The van der Waals surface area contributed by atoms with Crippen molar-refractivity contribution in [1.82, 2.24) is 9.78 Å². The molecule has 0 aromatic carbocycles. The van der Waals surface area contributed by atoms with E-state index in [1.807, 2.05) is 25.7 Å². The van der Waals surface area contributed by atoms with Gasteiger partial charge in [-0.3, -0.25) is 4.68 Å². The van der Waals surface area contributed by atoms with Gasteiger partial charge >= 0.3 is 0 Å². The smallest absolute Gasteiger partial charge is 0.0847 e. The van der Waals surface area contributed by atoms with Crippen molar-refractivity contribution in [2.75, 3.05) is 5.75 Å². The Labute approximate surface area is 124 Å². The van der Waals surface area contributed by atoms with Crippen LogP contribution in [0.15, 0.2) is 0 Å². The quantitative estimate of drug-likeness (QED) is 0.906. The van der Waals surface area contributed by atoms with E-state index in [9.17, 15) is 5.11 Å². The number of halogens is 1. The molecule has 1 heterocycles. The first-order valence-corrected chi connectivity index (χ1v) is 8.48. The normalized spacial score (nSPS) is 18.7. The number of nitrogens with zero attached hydrogens (tertiary/aromatic N) is 2. The minimum atomic E-state index is -0.334. The fourth-order valence-electron chi connectivity index (χ4n) is 2.66. The van der Waals surface area contributed by atoms with Crippen LogP contribution in [0.2, 0.25) is 5.02 Å². The number of aryl methyl sites for hydroxylation is 2. The summed E-state index contributed by atoms with van der Waals surface area (Å²) in [5.41, 5.74) is 1.78. The van der Waals surface area contributed by atoms with Crippen LogP contribution in [0.25, 0.3) is 0 Å². The molecule has 1 fully saturated rings. The molecule has 0 aliphatic heterocycles. The molecule has 108 valence electrons. The number of rotatable bonds is 5. The molecule has 3 nitrogen and oxygen atoms in total. The fourth-order valence-corrected chi connectivity index (χ4v) is 4.18. The Morgan fingerprint density at radius 1 is 1.42 bits per heavy atom. The lowest BCUT2D eigenvalue weighted by molar-refractivity contribution is 0.197. The summed E-state index contributed by atoms with van der Waals surface area (Å²) < 4.78 is 1.78. The average molecular weight is 303 g/mol. The van der Waals surface area contributed by atoms with E-state index in [0.29, 0.717) is 11.4 Å². The van der Waals surface area contributed by atoms with Crippen LogP contribution < -0.4 is 0 Å². The highest BCUT2D eigenvalue weighted by Gasteiger charge is 2.18. The van der Waals surface area contributed by atoms with Crippen molar-refractivity contribution in [1.29, 1.82) is 0 Å². The third kappa shape index (κ3) is 4.14. The molecule has 1 aromatic rings. The van der Waals surface area contributed by atoms with Crippen LogP contribution in [-0.4, -0.2) is 32.0 Å². The second-order valence-electron chi connectivity index (χ2n) is 5.42. The van der Waals surface area contributed by atoms with Gasteiger partial charge in [-0.2, -0.15) is 16.9 Å². The van der Waals surface area contributed by atoms with Crippen molar-refractivity contribution in [2.45, 2.75) is 56.8 Å². The average Bonchev–Trinajstić information content (AvgIpc) is 2.64. The van der Waals surface area contributed by atoms with E-state index in [4.69, 9.17) is 11.6 Å². The van der Waals surface area contributed by atoms with E-state index in [2.05, 4.69) is 5.10 Å². The molecule has 0 bridgehead atoms. The first kappa shape index (κ1) is 15.2. The van der Waals surface area contributed by atoms with Gasteiger partial charge < -0.3 is 5.11 Å². The molecule has 1 unspecified atom stereocenters. The number of hydrogen-bond acceptors (Lipinski definition) is 3. The van der Waals surface area contributed by atoms with Crippen molar-refractivity contribution in [3.05, 3.63) is 16.4 Å². The predicted octanol–water partition coefficient (Wildman–Crippen LogP) is 3.35. The summed E-state index contributed by atoms with van der Waals surface area (Å²) in [4.78, 5) is 0. The summed E-state index contributed by atoms with van der Waals surface area (Å²) in [6.07, 6.45) is 6.95. The van der Waals surface area contributed by atoms with Gasteiger partial charge in [-0.05, 0) is 19.8 Å². The maximum absolute atomic E-state index is 10.2. The van der Waals surface area contributed by atoms with Crippen LogP contribution in [0.1, 0.15) is 43.5 Å². The number of thioether (sulfide) groups is 1. The van der Waals surface area contributed by atoms with E-state index in [1.54, 1.807) is 4.68 Å². The first-order valence-electron chi connectivity index (χ1n) is 7.05. The zero-order chi connectivity index (χ0) is 13.8. The summed E-state index contributed by atoms with van der Waals surface area (Å²) in [6, 6.07) is 0. The monoisotopic (exact) mass is 302 g/mol. The van der Waals surface area contributed by atoms with E-state index >= 15 is 0 Å². The minimum absolute atomic E-state index is 0.334. The van der Waals surface area contributed by atoms with E-state index in [0.717, 1.165) is 22.4 Å². The highest BCUT2D eigenvalue weighted by Crippen LogP contribution is 2.29. The zero-order valence-corrected chi connectivity index (χ0v) is 13.3. The molecule has 5 heteroatoms. The van der Waals surface area contributed by atoms with E-state index in [-0.39, 0.29) is 6.10 Å². The molecule has 0 radical (unpaired) electrons. The summed E-state index contributed by atoms with van der Waals surface area (Å²) in [6.45, 7) is 1.90. The predicted molar refractivity (Wildman–Crippen MR) is 82.0 cm³/mol. The maximum atomic E-state index is 10.2. The van der Waals surface area contributed by atoms with Gasteiger partial charge in [-0.1, -0.05) is 30.9 Å². The fraction of sp³-hybridized carbons (Fsp3) is 0.786. The Morgan fingerprint density at radius 2 is 2.11 bits per heavy atom. The van der Waals surface area contributed by atoms with Crippen LogP contribution >= 0.6 is 23.4 Å². The molecule has 0 amide bonds. The Hall–Kier alpha value is -0.190. The zero-order valence-electron chi connectivity index (χ0n) is 11.7. The van der Waals surface area contributed by atoms with Crippen molar-refractivity contribution in [2.24, 2.45) is 7.05 Å². The Balaban J connectivity index is 1.81. The van der Waals surface area contributed by atoms with Crippen molar-refractivity contribution >= 4 is 23.4 Å². The van der Waals surface area contributed by atoms with Crippen LogP contribution in [-0.2, 0) is 13.5 Å². The number of hydrogen-bond donors (Lipinski definition) is 1. The molecular formula is C14H23ClN2OS. The van der Waals surface area contributed by atoms with Crippen LogP contribution in [0.5, 0.6) is 0 Å². The lowest BCUT2D eigenvalue weighted by Crippen LogP contribution is -2.19. The summed E-state index contributed by atoms with van der Waals surface area (Å²) in [5.74, 6) is 0.797. The highest BCUT2D eigenvalue weighted by molar-refractivity contribution is 7.99. The Kier molecular flexibility index (Phi) is 5.60. The number of aromatic nitrogens is 2. The van der Waals surface area contributed by atoms with Gasteiger partial charge in [0.05, 0.1) is 22.5 Å². The standard InChI is InChI=1S/C14H23ClN2OS/c1-10-14(15)13(17(2)16-10)8-11(18)9-19-12-6-4-3-5-7-12/h11-12,18H,3-9H2,1-2H3. The third-order valence-electron chi connectivity index (χ3n) is 3.77. The molecule has 1 N–H and O–H groups in total. The first-order chi connectivity index (χ1) is 9.08. The molecular weight excluding hydrogens is 280 g/mol. The highest BCUT2D eigenvalue weighted by atomic mass is 35.5. The molecule has 2 rings (SSSR count). The summed E-state index contributed by atoms with van der Waals surface area (Å²) >= 11 is 8.13. The van der Waals surface area contributed by atoms with Crippen LogP contribution in [0.3, 0.4) is 0 Å². The number of aliphatic hydroxyl groups is 1. The van der Waals surface area contributed by atoms with Gasteiger partial charge in [0.2, 0.25) is 0 Å². The molecule has 1 aliphatic carbocycles. The lowest BCUT2D eigenvalue weighted by Gasteiger charge is -2.22. The van der Waals surface area contributed by atoms with Gasteiger partial charge in [0.1, 0.15) is 0 Å². The third-order valence-corrected chi connectivity index (χ3v) is 5.78. The molecule has 19 heavy (non-hydrogen) atoms. The van der Waals surface area contributed by atoms with Gasteiger partial charge in [0.15, 0.2) is 0 Å². The Bertz CT molecular complexity index is 416. The van der Waals surface area contributed by atoms with Gasteiger partial charge in [-0.15, -0.1) is 0 Å². The minimum Gasteiger partial charge on any atom is -0.392 e. The second-order valence-corrected chi connectivity index (χ2v) is 7.13. The molecule has 1 aromatic heterocycles. The topological polar surface area (TPSA) is 38.0 Å². The van der Waals surface area contributed by atoms with E-state index < -0.39 is 0 Å². The molecule has 1 saturated carbocycles. The maximum Gasteiger partial charge on any atom is 0.0847 e. The molecule has 0 spiro atoms. The number of aliphatic hydroxyl groups excluding tert-OH is 1. The molecule has 1 aliphatic rings.